The van der Waals surface area contributed by atoms with Crippen molar-refractivity contribution in [2.24, 2.45) is 5.92 Å². The number of nitrogens with zero attached hydrogens (tertiary/aromatic N) is 6. The molecule has 0 radical (unpaired) electrons. The fourth-order valence-corrected chi connectivity index (χ4v) is 3.98. The Labute approximate surface area is 186 Å². The number of nitrogens with one attached hydrogen (secondary N) is 1. The van der Waals surface area contributed by atoms with Crippen LogP contribution in [0.2, 0.25) is 0 Å². The number of hydrogen-bond donors (Lipinski definition) is 2. The molecule has 2 aromatic rings. The van der Waals surface area contributed by atoms with Gasteiger partial charge in [0.15, 0.2) is 11.6 Å². The lowest BCUT2D eigenvalue weighted by Gasteiger charge is -2.30. The Morgan fingerprint density at radius 1 is 1.22 bits per heavy atom. The monoisotopic (exact) mass is 444 g/mol. The van der Waals surface area contributed by atoms with Gasteiger partial charge in [0, 0.05) is 50.1 Å². The molecule has 1 atom stereocenters. The zero-order chi connectivity index (χ0) is 22.9. The van der Waals surface area contributed by atoms with Gasteiger partial charge in [0.1, 0.15) is 5.69 Å². The van der Waals surface area contributed by atoms with Gasteiger partial charge in [-0.25, -0.2) is 19.3 Å². The van der Waals surface area contributed by atoms with E-state index >= 15 is 4.39 Å². The second kappa shape index (κ2) is 8.81. The van der Waals surface area contributed by atoms with E-state index in [9.17, 15) is 4.79 Å². The number of likely N-dealkylation sites (tertiary alicyclic amines) is 1. The van der Waals surface area contributed by atoms with Crippen molar-refractivity contribution in [3.63, 3.8) is 0 Å². The van der Waals surface area contributed by atoms with Gasteiger partial charge in [0.05, 0.1) is 18.8 Å². The molecule has 0 aliphatic carbocycles. The second-order valence-electron chi connectivity index (χ2n) is 8.81. The molecular formula is C21H29FN8O2. The molecule has 0 bridgehead atoms. The Kier molecular flexibility index (Phi) is 6.09. The van der Waals surface area contributed by atoms with Gasteiger partial charge in [-0.1, -0.05) is 13.8 Å². The summed E-state index contributed by atoms with van der Waals surface area (Å²) in [4.78, 5) is 33.2. The quantitative estimate of drug-likeness (QED) is 0.707. The van der Waals surface area contributed by atoms with E-state index in [0.717, 1.165) is 0 Å². The largest absolute Gasteiger partial charge is 0.378 e. The first-order valence-electron chi connectivity index (χ1n) is 10.8. The predicted octanol–water partition coefficient (Wildman–Crippen LogP) is 1.55. The van der Waals surface area contributed by atoms with Gasteiger partial charge in [0.25, 0.3) is 0 Å². The summed E-state index contributed by atoms with van der Waals surface area (Å²) in [7, 11) is 0. The third kappa shape index (κ3) is 4.57. The van der Waals surface area contributed by atoms with E-state index in [2.05, 4.69) is 25.3 Å². The maximum absolute atomic E-state index is 15.6. The molecule has 2 aliphatic heterocycles. The number of nitrogens with two attached hydrogens (primary N) is 1. The molecule has 11 heteroatoms. The Balaban J connectivity index is 1.68. The molecule has 0 saturated carbocycles. The minimum atomic E-state index is -0.592. The van der Waals surface area contributed by atoms with Crippen molar-refractivity contribution < 1.29 is 13.9 Å². The van der Waals surface area contributed by atoms with Gasteiger partial charge < -0.3 is 25.6 Å². The molecule has 32 heavy (non-hydrogen) atoms. The summed E-state index contributed by atoms with van der Waals surface area (Å²) in [6.07, 6.45) is 3.57. The number of carbonyl (C=O) groups excluding carboxylic acids is 1. The van der Waals surface area contributed by atoms with Crippen molar-refractivity contribution in [3.05, 3.63) is 18.2 Å². The van der Waals surface area contributed by atoms with Crippen molar-refractivity contribution in [2.45, 2.75) is 32.7 Å². The molecule has 2 aromatic heterocycles. The fraction of sp³-hybridized carbons (Fsp3) is 0.571. The van der Waals surface area contributed by atoms with Gasteiger partial charge in [0.2, 0.25) is 17.8 Å². The third-order valence-corrected chi connectivity index (χ3v) is 5.78. The maximum Gasteiger partial charge on any atom is 0.228 e. The molecule has 3 N–H and O–H groups in total. The lowest BCUT2D eigenvalue weighted by molar-refractivity contribution is -0.133. The minimum Gasteiger partial charge on any atom is -0.378 e. The topological polar surface area (TPSA) is 122 Å². The van der Waals surface area contributed by atoms with Gasteiger partial charge in [-0.05, 0) is 13.3 Å². The first kappa shape index (κ1) is 22.1. The predicted molar refractivity (Wildman–Crippen MR) is 119 cm³/mol. The number of aromatic nitrogens is 4. The summed E-state index contributed by atoms with van der Waals surface area (Å²) in [6, 6.07) is 0. The van der Waals surface area contributed by atoms with Crippen molar-refractivity contribution >= 4 is 23.6 Å². The van der Waals surface area contributed by atoms with Crippen molar-refractivity contribution in [2.75, 3.05) is 55.3 Å². The minimum absolute atomic E-state index is 0.0850. The highest BCUT2D eigenvalue weighted by atomic mass is 19.1. The fourth-order valence-electron chi connectivity index (χ4n) is 3.98. The van der Waals surface area contributed by atoms with Crippen LogP contribution in [0.3, 0.4) is 0 Å². The molecule has 172 valence electrons. The number of carbonyl (C=O) groups is 1. The summed E-state index contributed by atoms with van der Waals surface area (Å²) in [5.74, 6) is 0.00886. The van der Waals surface area contributed by atoms with E-state index in [1.54, 1.807) is 0 Å². The van der Waals surface area contributed by atoms with Crippen LogP contribution in [-0.4, -0.2) is 75.7 Å². The zero-order valence-corrected chi connectivity index (χ0v) is 18.6. The summed E-state index contributed by atoms with van der Waals surface area (Å²) in [6.45, 7) is 9.14. The van der Waals surface area contributed by atoms with Crippen molar-refractivity contribution in [3.8, 4) is 11.3 Å². The van der Waals surface area contributed by atoms with E-state index < -0.39 is 11.4 Å². The van der Waals surface area contributed by atoms with E-state index in [-0.39, 0.29) is 29.3 Å². The molecule has 2 fully saturated rings. The average molecular weight is 445 g/mol. The first-order valence-corrected chi connectivity index (χ1v) is 10.8. The van der Waals surface area contributed by atoms with Gasteiger partial charge in [-0.2, -0.15) is 4.98 Å². The molecule has 2 saturated heterocycles. The number of anilines is 3. The number of nitrogen functional groups attached to an aromatic ring is 1. The van der Waals surface area contributed by atoms with E-state index in [1.807, 2.05) is 30.6 Å². The molecule has 4 rings (SSSR count). The van der Waals surface area contributed by atoms with E-state index in [1.165, 1.54) is 12.4 Å². The molecule has 2 aliphatic rings. The Hall–Kier alpha value is -3.08. The van der Waals surface area contributed by atoms with Gasteiger partial charge >= 0.3 is 0 Å². The summed E-state index contributed by atoms with van der Waals surface area (Å²) in [5, 5.41) is 3.27. The number of rotatable bonds is 5. The number of halogens is 1. The molecule has 0 spiro atoms. The smallest absolute Gasteiger partial charge is 0.228 e. The van der Waals surface area contributed by atoms with Crippen LogP contribution in [0.4, 0.5) is 22.1 Å². The number of morpholine rings is 1. The Morgan fingerprint density at radius 2 is 1.91 bits per heavy atom. The summed E-state index contributed by atoms with van der Waals surface area (Å²) in [5.41, 5.74) is 5.58. The molecule has 1 amide bonds. The van der Waals surface area contributed by atoms with Crippen LogP contribution < -0.4 is 16.0 Å². The van der Waals surface area contributed by atoms with E-state index in [4.69, 9.17) is 10.5 Å². The SMILES string of the molecule is CC(C)C(=O)N1CC[C@](C)(Nc2nc(N3CCOCC3)nc(-c3cnc(N)nc3)c2F)C1. The van der Waals surface area contributed by atoms with Crippen molar-refractivity contribution in [1.82, 2.24) is 24.8 Å². The van der Waals surface area contributed by atoms with E-state index in [0.29, 0.717) is 57.3 Å². The highest BCUT2D eigenvalue weighted by Crippen LogP contribution is 2.32. The van der Waals surface area contributed by atoms with Crippen LogP contribution in [0.5, 0.6) is 0 Å². The van der Waals surface area contributed by atoms with Gasteiger partial charge in [-0.3, -0.25) is 4.79 Å². The van der Waals surface area contributed by atoms with Crippen LogP contribution in [0, 0.1) is 11.7 Å². The maximum atomic E-state index is 15.6. The lowest BCUT2D eigenvalue weighted by Crippen LogP contribution is -2.42. The first-order chi connectivity index (χ1) is 15.3. The number of ether oxygens (including phenoxy) is 1. The average Bonchev–Trinajstić information content (AvgIpc) is 3.17. The van der Waals surface area contributed by atoms with Crippen molar-refractivity contribution in [1.29, 1.82) is 0 Å². The third-order valence-electron chi connectivity index (χ3n) is 5.78. The Morgan fingerprint density at radius 3 is 2.56 bits per heavy atom. The standard InChI is InChI=1S/C21H29FN8O2/c1-13(2)18(31)30-5-4-21(3,12-30)28-17-15(22)16(14-10-24-19(23)25-11-14)26-20(27-17)29-6-8-32-9-7-29/h10-11,13H,4-9,12H2,1-3H3,(H2,23,24,25)(H,26,27,28)/t21-/m0/s1. The summed E-state index contributed by atoms with van der Waals surface area (Å²) >= 11 is 0. The molecule has 0 unspecified atom stereocenters. The number of amides is 1. The Bertz CT molecular complexity index is 981. The molecule has 0 aromatic carbocycles. The summed E-state index contributed by atoms with van der Waals surface area (Å²) < 4.78 is 21.0. The zero-order valence-electron chi connectivity index (χ0n) is 18.6. The second-order valence-corrected chi connectivity index (χ2v) is 8.81. The van der Waals surface area contributed by atoms with Crippen LogP contribution in [0.15, 0.2) is 12.4 Å². The molecule has 4 heterocycles. The highest BCUT2D eigenvalue weighted by Gasteiger charge is 2.38. The van der Waals surface area contributed by atoms with Crippen LogP contribution in [0.25, 0.3) is 11.3 Å². The molecule has 10 nitrogen and oxygen atoms in total. The highest BCUT2D eigenvalue weighted by molar-refractivity contribution is 5.78. The van der Waals surface area contributed by atoms with Gasteiger partial charge in [-0.15, -0.1) is 0 Å². The lowest BCUT2D eigenvalue weighted by atomic mass is 10.0. The number of hydrogen-bond acceptors (Lipinski definition) is 9. The van der Waals surface area contributed by atoms with Crippen LogP contribution in [-0.2, 0) is 9.53 Å². The molecular weight excluding hydrogens is 415 g/mol. The van der Waals surface area contributed by atoms with Crippen LogP contribution >= 0.6 is 0 Å². The van der Waals surface area contributed by atoms with Crippen LogP contribution in [0.1, 0.15) is 27.2 Å². The normalized spacial score (nSPS) is 21.3.